The van der Waals surface area contributed by atoms with Crippen LogP contribution in [0.3, 0.4) is 0 Å². The molecular formula is C14H7F3N2O3. The third kappa shape index (κ3) is 2.90. The summed E-state index contributed by atoms with van der Waals surface area (Å²) in [6.45, 7) is 0. The standard InChI is InChI=1S/C14H7F3N2O3/c15-14(16,17)11-5-6-18-13(19-11)21-9-3-1-8-2-4-12(20)22-10(8)7-9/h1-7H. The zero-order chi connectivity index (χ0) is 15.7. The molecule has 2 aromatic heterocycles. The second-order valence-electron chi connectivity index (χ2n) is 4.28. The first-order valence-electron chi connectivity index (χ1n) is 6.04. The molecule has 8 heteroatoms. The summed E-state index contributed by atoms with van der Waals surface area (Å²) in [5.41, 5.74) is -1.40. The van der Waals surface area contributed by atoms with Crippen LogP contribution in [0.15, 0.2) is 51.8 Å². The maximum Gasteiger partial charge on any atom is 0.433 e. The van der Waals surface area contributed by atoms with Crippen LogP contribution in [0, 0.1) is 0 Å². The van der Waals surface area contributed by atoms with E-state index in [0.29, 0.717) is 5.39 Å². The molecule has 0 atom stereocenters. The Hall–Kier alpha value is -2.90. The fraction of sp³-hybridized carbons (Fsp3) is 0.0714. The zero-order valence-electron chi connectivity index (χ0n) is 10.8. The third-order valence-corrected chi connectivity index (χ3v) is 2.73. The Bertz CT molecular complexity index is 890. The van der Waals surface area contributed by atoms with Crippen molar-refractivity contribution in [3.8, 4) is 11.8 Å². The molecule has 0 fully saturated rings. The van der Waals surface area contributed by atoms with Crippen LogP contribution in [0.4, 0.5) is 13.2 Å². The van der Waals surface area contributed by atoms with Crippen LogP contribution >= 0.6 is 0 Å². The predicted molar refractivity (Wildman–Crippen MR) is 69.6 cm³/mol. The Labute approximate surface area is 121 Å². The van der Waals surface area contributed by atoms with Gasteiger partial charge in [0.2, 0.25) is 0 Å². The van der Waals surface area contributed by atoms with Gasteiger partial charge in [0, 0.05) is 23.7 Å². The largest absolute Gasteiger partial charge is 0.433 e. The first-order chi connectivity index (χ1) is 10.4. The lowest BCUT2D eigenvalue weighted by molar-refractivity contribution is -0.141. The smallest absolute Gasteiger partial charge is 0.424 e. The summed E-state index contributed by atoms with van der Waals surface area (Å²) in [5, 5.41) is 0.650. The molecule has 0 N–H and O–H groups in total. The van der Waals surface area contributed by atoms with E-state index in [2.05, 4.69) is 9.97 Å². The van der Waals surface area contributed by atoms with Crippen molar-refractivity contribution >= 4 is 11.0 Å². The van der Waals surface area contributed by atoms with Gasteiger partial charge in [-0.2, -0.15) is 18.2 Å². The average Bonchev–Trinajstić information content (AvgIpc) is 2.46. The molecule has 5 nitrogen and oxygen atoms in total. The van der Waals surface area contributed by atoms with Gasteiger partial charge in [0.05, 0.1) is 0 Å². The molecule has 0 unspecified atom stereocenters. The van der Waals surface area contributed by atoms with Gasteiger partial charge in [-0.25, -0.2) is 9.78 Å². The van der Waals surface area contributed by atoms with Crippen LogP contribution in [0.1, 0.15) is 5.69 Å². The quantitative estimate of drug-likeness (QED) is 0.679. The SMILES string of the molecule is O=c1ccc2ccc(Oc3nccc(C(F)(F)F)n3)cc2o1. The van der Waals surface area contributed by atoms with Gasteiger partial charge in [-0.3, -0.25) is 0 Å². The van der Waals surface area contributed by atoms with Gasteiger partial charge in [-0.15, -0.1) is 0 Å². The number of fused-ring (bicyclic) bond motifs is 1. The van der Waals surface area contributed by atoms with Crippen LogP contribution in [-0.4, -0.2) is 9.97 Å². The fourth-order valence-corrected chi connectivity index (χ4v) is 1.76. The van der Waals surface area contributed by atoms with E-state index in [0.717, 1.165) is 12.3 Å². The Kier molecular flexibility index (Phi) is 3.28. The van der Waals surface area contributed by atoms with E-state index in [1.165, 1.54) is 18.2 Å². The molecule has 0 saturated heterocycles. The molecule has 22 heavy (non-hydrogen) atoms. The highest BCUT2D eigenvalue weighted by molar-refractivity contribution is 5.77. The van der Waals surface area contributed by atoms with Crippen molar-refractivity contribution in [3.05, 3.63) is 58.7 Å². The predicted octanol–water partition coefficient (Wildman–Crippen LogP) is 3.39. The van der Waals surface area contributed by atoms with E-state index in [-0.39, 0.29) is 11.3 Å². The van der Waals surface area contributed by atoms with E-state index in [9.17, 15) is 18.0 Å². The maximum atomic E-state index is 12.6. The summed E-state index contributed by atoms with van der Waals surface area (Å²) in [6.07, 6.45) is -3.64. The molecule has 0 bridgehead atoms. The molecule has 3 rings (SSSR count). The summed E-state index contributed by atoms with van der Waals surface area (Å²) in [4.78, 5) is 18.1. The highest BCUT2D eigenvalue weighted by Gasteiger charge is 2.33. The van der Waals surface area contributed by atoms with Crippen molar-refractivity contribution in [2.75, 3.05) is 0 Å². The molecule has 112 valence electrons. The van der Waals surface area contributed by atoms with Crippen LogP contribution in [0.25, 0.3) is 11.0 Å². The molecule has 3 aromatic rings. The molecule has 2 heterocycles. The highest BCUT2D eigenvalue weighted by Crippen LogP contribution is 2.29. The Balaban J connectivity index is 1.94. The highest BCUT2D eigenvalue weighted by atomic mass is 19.4. The number of hydrogen-bond acceptors (Lipinski definition) is 5. The monoisotopic (exact) mass is 308 g/mol. The van der Waals surface area contributed by atoms with E-state index in [1.807, 2.05) is 0 Å². The van der Waals surface area contributed by atoms with Crippen LogP contribution in [-0.2, 0) is 6.18 Å². The van der Waals surface area contributed by atoms with Crippen molar-refractivity contribution in [2.45, 2.75) is 6.18 Å². The first-order valence-corrected chi connectivity index (χ1v) is 6.04. The molecule has 1 aromatic carbocycles. The topological polar surface area (TPSA) is 65.2 Å². The van der Waals surface area contributed by atoms with Gasteiger partial charge in [0.15, 0.2) is 5.69 Å². The van der Waals surface area contributed by atoms with Crippen molar-refractivity contribution < 1.29 is 22.3 Å². The van der Waals surface area contributed by atoms with Gasteiger partial charge < -0.3 is 9.15 Å². The minimum absolute atomic E-state index is 0.154. The molecule has 0 aliphatic carbocycles. The van der Waals surface area contributed by atoms with Crippen LogP contribution in [0.2, 0.25) is 0 Å². The molecular weight excluding hydrogens is 301 g/mol. The second-order valence-corrected chi connectivity index (χ2v) is 4.28. The number of ether oxygens (including phenoxy) is 1. The third-order valence-electron chi connectivity index (χ3n) is 2.73. The van der Waals surface area contributed by atoms with Crippen molar-refractivity contribution in [2.24, 2.45) is 0 Å². The van der Waals surface area contributed by atoms with Gasteiger partial charge in [0.25, 0.3) is 0 Å². The number of halogens is 3. The number of hydrogen-bond donors (Lipinski definition) is 0. The van der Waals surface area contributed by atoms with Gasteiger partial charge >= 0.3 is 17.8 Å². The number of nitrogens with zero attached hydrogens (tertiary/aromatic N) is 2. The lowest BCUT2D eigenvalue weighted by atomic mass is 10.2. The van der Waals surface area contributed by atoms with Crippen molar-refractivity contribution in [1.29, 1.82) is 0 Å². The zero-order valence-corrected chi connectivity index (χ0v) is 10.8. The average molecular weight is 308 g/mol. The van der Waals surface area contributed by atoms with Crippen LogP contribution in [0.5, 0.6) is 11.8 Å². The van der Waals surface area contributed by atoms with E-state index >= 15 is 0 Å². The minimum Gasteiger partial charge on any atom is -0.424 e. The van der Waals surface area contributed by atoms with Crippen molar-refractivity contribution in [3.63, 3.8) is 0 Å². The van der Waals surface area contributed by atoms with Gasteiger partial charge in [-0.05, 0) is 24.3 Å². The lowest BCUT2D eigenvalue weighted by Gasteiger charge is -2.08. The van der Waals surface area contributed by atoms with E-state index in [4.69, 9.17) is 9.15 Å². The molecule has 0 aliphatic heterocycles. The maximum absolute atomic E-state index is 12.6. The number of aromatic nitrogens is 2. The number of benzene rings is 1. The Morgan fingerprint density at radius 1 is 1.09 bits per heavy atom. The Morgan fingerprint density at radius 2 is 1.86 bits per heavy atom. The van der Waals surface area contributed by atoms with Gasteiger partial charge in [-0.1, -0.05) is 0 Å². The molecule has 0 radical (unpaired) electrons. The molecule has 0 spiro atoms. The molecule has 0 aliphatic rings. The van der Waals surface area contributed by atoms with Crippen molar-refractivity contribution in [1.82, 2.24) is 9.97 Å². The summed E-state index contributed by atoms with van der Waals surface area (Å²) >= 11 is 0. The van der Waals surface area contributed by atoms with Crippen LogP contribution < -0.4 is 10.4 Å². The van der Waals surface area contributed by atoms with E-state index in [1.54, 1.807) is 12.1 Å². The summed E-state index contributed by atoms with van der Waals surface area (Å²) in [6, 6.07) is 7.59. The number of rotatable bonds is 2. The summed E-state index contributed by atoms with van der Waals surface area (Å²) < 4.78 is 47.8. The fourth-order valence-electron chi connectivity index (χ4n) is 1.76. The second kappa shape index (κ2) is 5.14. The number of alkyl halides is 3. The summed E-state index contributed by atoms with van der Waals surface area (Å²) in [5.74, 6) is 0.154. The minimum atomic E-state index is -4.59. The Morgan fingerprint density at radius 3 is 2.64 bits per heavy atom. The first kappa shape index (κ1) is 14.1. The van der Waals surface area contributed by atoms with E-state index < -0.39 is 23.5 Å². The molecule has 0 saturated carbocycles. The summed E-state index contributed by atoms with van der Waals surface area (Å²) in [7, 11) is 0. The lowest BCUT2D eigenvalue weighted by Crippen LogP contribution is -2.08. The molecule has 0 amide bonds. The van der Waals surface area contributed by atoms with Gasteiger partial charge in [0.1, 0.15) is 11.3 Å². The normalized spacial score (nSPS) is 11.6.